The van der Waals surface area contributed by atoms with Crippen molar-refractivity contribution in [3.8, 4) is 0 Å². The Balaban J connectivity index is 1.83. The minimum Gasteiger partial charge on any atom is -0.399 e. The van der Waals surface area contributed by atoms with Crippen molar-refractivity contribution in [1.82, 2.24) is 0 Å². The number of alkyl halides is 3. The molecule has 2 N–H and O–H groups in total. The van der Waals surface area contributed by atoms with Gasteiger partial charge in [-0.2, -0.15) is 13.2 Å². The Morgan fingerprint density at radius 3 is 2.39 bits per heavy atom. The molecule has 0 spiro atoms. The van der Waals surface area contributed by atoms with Gasteiger partial charge in [0, 0.05) is 12.1 Å². The molecule has 1 fully saturated rings. The highest BCUT2D eigenvalue weighted by atomic mass is 19.4. The summed E-state index contributed by atoms with van der Waals surface area (Å²) in [5.41, 5.74) is 8.92. The van der Waals surface area contributed by atoms with E-state index in [1.807, 2.05) is 18.2 Å². The van der Waals surface area contributed by atoms with E-state index in [1.165, 1.54) is 11.1 Å². The second-order valence-corrected chi connectivity index (χ2v) is 5.67. The molecule has 0 heterocycles. The number of nitrogen functional groups attached to an aromatic ring is 1. The van der Waals surface area contributed by atoms with Gasteiger partial charge in [0.1, 0.15) is 0 Å². The number of nitrogens with two attached hydrogens (primary N) is 1. The van der Waals surface area contributed by atoms with E-state index in [9.17, 15) is 13.2 Å². The molecule has 0 aliphatic heterocycles. The Bertz CT molecular complexity index is 467. The summed E-state index contributed by atoms with van der Waals surface area (Å²) in [5, 5.41) is 0. The van der Waals surface area contributed by atoms with E-state index in [-0.39, 0.29) is 11.8 Å². The van der Waals surface area contributed by atoms with Crippen LogP contribution in [0.3, 0.4) is 0 Å². The van der Waals surface area contributed by atoms with Gasteiger partial charge in [0.25, 0.3) is 0 Å². The molecule has 2 bridgehead atoms. The second-order valence-electron chi connectivity index (χ2n) is 5.67. The van der Waals surface area contributed by atoms with Crippen molar-refractivity contribution in [2.45, 2.75) is 43.7 Å². The summed E-state index contributed by atoms with van der Waals surface area (Å²) >= 11 is 0. The molecular formula is C14H16F3N. The average Bonchev–Trinajstić information content (AvgIpc) is 2.49. The fourth-order valence-electron chi connectivity index (χ4n) is 3.76. The van der Waals surface area contributed by atoms with Gasteiger partial charge in [-0.3, -0.25) is 0 Å². The third-order valence-electron chi connectivity index (χ3n) is 4.32. The predicted octanol–water partition coefficient (Wildman–Crippen LogP) is 4.20. The molecule has 1 aromatic carbocycles. The first kappa shape index (κ1) is 11.9. The fraction of sp³-hybridized carbons (Fsp3) is 0.571. The average molecular weight is 255 g/mol. The molecule has 4 heteroatoms. The van der Waals surface area contributed by atoms with Crippen molar-refractivity contribution in [1.29, 1.82) is 0 Å². The van der Waals surface area contributed by atoms with Crippen LogP contribution in [0, 0.1) is 5.92 Å². The van der Waals surface area contributed by atoms with Gasteiger partial charge in [0.15, 0.2) is 0 Å². The lowest BCUT2D eigenvalue weighted by molar-refractivity contribution is -0.147. The number of rotatable bonds is 1. The SMILES string of the molecule is Nc1ccc2c(c1)C1CC(CC(F)(F)F)CC2C1. The summed E-state index contributed by atoms with van der Waals surface area (Å²) < 4.78 is 37.5. The lowest BCUT2D eigenvalue weighted by Crippen LogP contribution is -2.21. The second kappa shape index (κ2) is 3.90. The van der Waals surface area contributed by atoms with Gasteiger partial charge in [-0.15, -0.1) is 0 Å². The maximum atomic E-state index is 12.5. The predicted molar refractivity (Wildman–Crippen MR) is 64.3 cm³/mol. The van der Waals surface area contributed by atoms with Crippen LogP contribution >= 0.6 is 0 Å². The first-order valence-electron chi connectivity index (χ1n) is 6.38. The molecule has 18 heavy (non-hydrogen) atoms. The summed E-state index contributed by atoms with van der Waals surface area (Å²) in [5.74, 6) is 0.378. The molecule has 98 valence electrons. The van der Waals surface area contributed by atoms with Gasteiger partial charge in [-0.25, -0.2) is 0 Å². The topological polar surface area (TPSA) is 26.0 Å². The molecular weight excluding hydrogens is 239 g/mol. The molecule has 3 rings (SSSR count). The number of hydrogen-bond acceptors (Lipinski definition) is 1. The van der Waals surface area contributed by atoms with Crippen LogP contribution in [0.4, 0.5) is 18.9 Å². The van der Waals surface area contributed by atoms with E-state index < -0.39 is 12.6 Å². The molecule has 0 radical (unpaired) electrons. The molecule has 0 aromatic heterocycles. The molecule has 2 aliphatic rings. The summed E-state index contributed by atoms with van der Waals surface area (Å²) in [6, 6.07) is 5.82. The van der Waals surface area contributed by atoms with Crippen LogP contribution < -0.4 is 5.73 Å². The van der Waals surface area contributed by atoms with Gasteiger partial charge >= 0.3 is 6.18 Å². The van der Waals surface area contributed by atoms with Crippen molar-refractivity contribution in [2.24, 2.45) is 5.92 Å². The Kier molecular flexibility index (Phi) is 2.57. The van der Waals surface area contributed by atoms with Crippen LogP contribution in [0.15, 0.2) is 18.2 Å². The normalized spacial score (nSPS) is 30.3. The first-order chi connectivity index (χ1) is 8.42. The molecule has 0 amide bonds. The van der Waals surface area contributed by atoms with Crippen LogP contribution in [0.1, 0.15) is 48.6 Å². The maximum absolute atomic E-state index is 12.5. The number of anilines is 1. The van der Waals surface area contributed by atoms with Crippen molar-refractivity contribution < 1.29 is 13.2 Å². The quantitative estimate of drug-likeness (QED) is 0.748. The Morgan fingerprint density at radius 2 is 1.72 bits per heavy atom. The molecule has 0 saturated heterocycles. The van der Waals surface area contributed by atoms with Gasteiger partial charge in [-0.05, 0) is 60.3 Å². The number of fused-ring (bicyclic) bond motifs is 5. The van der Waals surface area contributed by atoms with Gasteiger partial charge < -0.3 is 5.73 Å². The minimum atomic E-state index is -4.04. The Hall–Kier alpha value is -1.19. The maximum Gasteiger partial charge on any atom is 0.389 e. The standard InChI is InChI=1S/C14H16F3N/c15-14(16,17)7-8-3-9-5-10(4-8)13-6-11(18)1-2-12(9)13/h1-2,6,8-10H,3-5,7,18H2. The third-order valence-corrected chi connectivity index (χ3v) is 4.32. The highest BCUT2D eigenvalue weighted by Gasteiger charge is 2.42. The summed E-state index contributed by atoms with van der Waals surface area (Å²) in [4.78, 5) is 0. The zero-order chi connectivity index (χ0) is 12.9. The lowest BCUT2D eigenvalue weighted by Gasteiger charge is -2.28. The Morgan fingerprint density at radius 1 is 1.06 bits per heavy atom. The van der Waals surface area contributed by atoms with Crippen LogP contribution in [0.25, 0.3) is 0 Å². The summed E-state index contributed by atoms with van der Waals surface area (Å²) in [6.45, 7) is 0. The van der Waals surface area contributed by atoms with Crippen LogP contribution in [0.2, 0.25) is 0 Å². The highest BCUT2D eigenvalue weighted by molar-refractivity contribution is 5.50. The summed E-state index contributed by atoms with van der Waals surface area (Å²) in [7, 11) is 0. The van der Waals surface area contributed by atoms with E-state index in [0.717, 1.165) is 6.42 Å². The molecule has 3 unspecified atom stereocenters. The summed E-state index contributed by atoms with van der Waals surface area (Å²) in [6.07, 6.45) is -2.33. The van der Waals surface area contributed by atoms with Crippen LogP contribution in [-0.2, 0) is 0 Å². The van der Waals surface area contributed by atoms with Gasteiger partial charge in [0.2, 0.25) is 0 Å². The van der Waals surface area contributed by atoms with Gasteiger partial charge in [0.05, 0.1) is 0 Å². The van der Waals surface area contributed by atoms with E-state index in [0.29, 0.717) is 24.4 Å². The largest absolute Gasteiger partial charge is 0.399 e. The lowest BCUT2D eigenvalue weighted by atomic mass is 9.78. The van der Waals surface area contributed by atoms with Crippen molar-refractivity contribution >= 4 is 5.69 Å². The van der Waals surface area contributed by atoms with Crippen molar-refractivity contribution in [2.75, 3.05) is 5.73 Å². The smallest absolute Gasteiger partial charge is 0.389 e. The first-order valence-corrected chi connectivity index (χ1v) is 6.38. The zero-order valence-electron chi connectivity index (χ0n) is 10.0. The molecule has 1 aromatic rings. The van der Waals surface area contributed by atoms with E-state index in [1.54, 1.807) is 0 Å². The number of benzene rings is 1. The molecule has 2 aliphatic carbocycles. The van der Waals surface area contributed by atoms with Crippen molar-refractivity contribution in [3.05, 3.63) is 29.3 Å². The zero-order valence-corrected chi connectivity index (χ0v) is 10.0. The van der Waals surface area contributed by atoms with Gasteiger partial charge in [-0.1, -0.05) is 6.07 Å². The number of halogens is 3. The van der Waals surface area contributed by atoms with E-state index in [4.69, 9.17) is 5.73 Å². The highest BCUT2D eigenvalue weighted by Crippen LogP contribution is 2.54. The third kappa shape index (κ3) is 2.08. The monoisotopic (exact) mass is 255 g/mol. The molecule has 1 saturated carbocycles. The number of hydrogen-bond donors (Lipinski definition) is 1. The Labute approximate surface area is 104 Å². The molecule has 3 atom stereocenters. The van der Waals surface area contributed by atoms with Crippen LogP contribution in [0.5, 0.6) is 0 Å². The fourth-order valence-corrected chi connectivity index (χ4v) is 3.76. The van der Waals surface area contributed by atoms with Crippen molar-refractivity contribution in [3.63, 3.8) is 0 Å². The van der Waals surface area contributed by atoms with E-state index in [2.05, 4.69) is 0 Å². The van der Waals surface area contributed by atoms with E-state index >= 15 is 0 Å². The van der Waals surface area contributed by atoms with Crippen LogP contribution in [-0.4, -0.2) is 6.18 Å². The minimum absolute atomic E-state index is 0.220. The molecule has 1 nitrogen and oxygen atoms in total.